The van der Waals surface area contributed by atoms with Crippen molar-refractivity contribution in [3.8, 4) is 0 Å². The van der Waals surface area contributed by atoms with Crippen LogP contribution in [0.15, 0.2) is 60.9 Å². The van der Waals surface area contributed by atoms with E-state index in [1.54, 1.807) is 0 Å². The summed E-state index contributed by atoms with van der Waals surface area (Å²) >= 11 is 0. The number of hydrogen-bond acceptors (Lipinski definition) is 4. The van der Waals surface area contributed by atoms with Crippen molar-refractivity contribution < 1.29 is 9.59 Å². The summed E-state index contributed by atoms with van der Waals surface area (Å²) in [7, 11) is 0. The third-order valence-corrected chi connectivity index (χ3v) is 6.64. The van der Waals surface area contributed by atoms with Crippen LogP contribution in [-0.2, 0) is 11.3 Å². The molecule has 2 fully saturated rings. The average molecular weight is 447 g/mol. The number of urea groups is 1. The standard InChI is InChI=1S/C25H30N6O2/c32-24(20-9-12-30(13-10-20)25(33)27-21-6-2-1-3-7-21)29-16-14-28(15-17-29)18-22-19-31-11-5-4-8-23(31)26-22/h1-8,11,19-20H,9-10,12-18H2,(H,27,33). The van der Waals surface area contributed by atoms with Gasteiger partial charge in [-0.3, -0.25) is 9.69 Å². The van der Waals surface area contributed by atoms with Crippen molar-refractivity contribution in [2.75, 3.05) is 44.6 Å². The molecule has 5 rings (SSSR count). The number of hydrogen-bond donors (Lipinski definition) is 1. The molecule has 8 heteroatoms. The Kier molecular flexibility index (Phi) is 6.26. The quantitative estimate of drug-likeness (QED) is 0.669. The van der Waals surface area contributed by atoms with Crippen LogP contribution in [0.25, 0.3) is 5.65 Å². The number of amides is 3. The van der Waals surface area contributed by atoms with Gasteiger partial charge in [0.2, 0.25) is 5.91 Å². The van der Waals surface area contributed by atoms with E-state index in [9.17, 15) is 9.59 Å². The molecule has 1 N–H and O–H groups in total. The number of nitrogens with one attached hydrogen (secondary N) is 1. The second-order valence-corrected chi connectivity index (χ2v) is 8.86. The average Bonchev–Trinajstić information content (AvgIpc) is 3.27. The van der Waals surface area contributed by atoms with Gasteiger partial charge >= 0.3 is 6.03 Å². The Balaban J connectivity index is 1.07. The lowest BCUT2D eigenvalue weighted by Gasteiger charge is -2.38. The van der Waals surface area contributed by atoms with E-state index in [4.69, 9.17) is 0 Å². The monoisotopic (exact) mass is 446 g/mol. The van der Waals surface area contributed by atoms with Crippen molar-refractivity contribution in [2.45, 2.75) is 19.4 Å². The van der Waals surface area contributed by atoms with E-state index in [1.807, 2.05) is 68.9 Å². The number of fused-ring (bicyclic) bond motifs is 1. The van der Waals surface area contributed by atoms with Gasteiger partial charge in [0, 0.05) is 69.8 Å². The number of carbonyl (C=O) groups excluding carboxylic acids is 2. The lowest BCUT2D eigenvalue weighted by atomic mass is 9.95. The van der Waals surface area contributed by atoms with Gasteiger partial charge in [-0.1, -0.05) is 24.3 Å². The van der Waals surface area contributed by atoms with E-state index >= 15 is 0 Å². The number of aromatic nitrogens is 2. The Labute approximate surface area is 193 Å². The molecule has 0 atom stereocenters. The predicted octanol–water partition coefficient (Wildman–Crippen LogP) is 2.92. The number of anilines is 1. The fourth-order valence-corrected chi connectivity index (χ4v) is 4.73. The van der Waals surface area contributed by atoms with Crippen molar-refractivity contribution in [2.24, 2.45) is 5.92 Å². The molecule has 0 saturated carbocycles. The summed E-state index contributed by atoms with van der Waals surface area (Å²) in [6, 6.07) is 15.4. The highest BCUT2D eigenvalue weighted by Crippen LogP contribution is 2.22. The predicted molar refractivity (Wildman–Crippen MR) is 127 cm³/mol. The van der Waals surface area contributed by atoms with E-state index in [0.29, 0.717) is 13.1 Å². The molecule has 0 radical (unpaired) electrons. The third-order valence-electron chi connectivity index (χ3n) is 6.64. The summed E-state index contributed by atoms with van der Waals surface area (Å²) < 4.78 is 2.04. The molecule has 0 unspecified atom stereocenters. The van der Waals surface area contributed by atoms with Gasteiger partial charge in [0.05, 0.1) is 5.69 Å². The van der Waals surface area contributed by atoms with Crippen LogP contribution in [0.1, 0.15) is 18.5 Å². The molecule has 2 aliphatic heterocycles. The summed E-state index contributed by atoms with van der Waals surface area (Å²) in [5.74, 6) is 0.251. The first kappa shape index (κ1) is 21.5. The largest absolute Gasteiger partial charge is 0.340 e. The van der Waals surface area contributed by atoms with E-state index in [1.165, 1.54) is 0 Å². The lowest BCUT2D eigenvalue weighted by molar-refractivity contribution is -0.138. The number of rotatable bonds is 4. The van der Waals surface area contributed by atoms with Gasteiger partial charge in [0.25, 0.3) is 0 Å². The number of nitrogens with zero attached hydrogens (tertiary/aromatic N) is 5. The number of imidazole rings is 1. The molecular formula is C25H30N6O2. The molecule has 4 heterocycles. The first-order valence-electron chi connectivity index (χ1n) is 11.7. The zero-order valence-electron chi connectivity index (χ0n) is 18.8. The Bertz CT molecular complexity index is 1070. The second-order valence-electron chi connectivity index (χ2n) is 8.86. The number of benzene rings is 1. The zero-order valence-corrected chi connectivity index (χ0v) is 18.8. The molecule has 0 aliphatic carbocycles. The minimum absolute atomic E-state index is 0.00997. The molecule has 2 aliphatic rings. The molecule has 33 heavy (non-hydrogen) atoms. The van der Waals surface area contributed by atoms with Crippen LogP contribution in [-0.4, -0.2) is 75.3 Å². The van der Waals surface area contributed by atoms with Crippen LogP contribution in [0, 0.1) is 5.92 Å². The zero-order chi connectivity index (χ0) is 22.6. The topological polar surface area (TPSA) is 73.2 Å². The summed E-state index contributed by atoms with van der Waals surface area (Å²) in [6.45, 7) is 5.25. The third kappa shape index (κ3) is 5.01. The molecule has 0 bridgehead atoms. The van der Waals surface area contributed by atoms with Gasteiger partial charge in [0.15, 0.2) is 0 Å². The van der Waals surface area contributed by atoms with Crippen molar-refractivity contribution in [3.05, 3.63) is 66.6 Å². The highest BCUT2D eigenvalue weighted by atomic mass is 16.2. The molecular weight excluding hydrogens is 416 g/mol. The van der Waals surface area contributed by atoms with Gasteiger partial charge in [-0.2, -0.15) is 0 Å². The van der Waals surface area contributed by atoms with Gasteiger partial charge in [-0.15, -0.1) is 0 Å². The SMILES string of the molecule is O=C(Nc1ccccc1)N1CCC(C(=O)N2CCN(Cc3cn4ccccc4n3)CC2)CC1. The normalized spacial score (nSPS) is 17.9. The fourth-order valence-electron chi connectivity index (χ4n) is 4.73. The summed E-state index contributed by atoms with van der Waals surface area (Å²) in [5.41, 5.74) is 2.81. The number of para-hydroxylation sites is 1. The minimum atomic E-state index is -0.0901. The Morgan fingerprint density at radius 2 is 1.61 bits per heavy atom. The maximum Gasteiger partial charge on any atom is 0.321 e. The van der Waals surface area contributed by atoms with Gasteiger partial charge < -0.3 is 19.5 Å². The number of pyridine rings is 1. The molecule has 3 amide bonds. The number of likely N-dealkylation sites (tertiary alicyclic amines) is 1. The fraction of sp³-hybridized carbons (Fsp3) is 0.400. The molecule has 0 spiro atoms. The van der Waals surface area contributed by atoms with E-state index < -0.39 is 0 Å². The summed E-state index contributed by atoms with van der Waals surface area (Å²) in [6.07, 6.45) is 5.54. The van der Waals surface area contributed by atoms with Gasteiger partial charge in [-0.05, 0) is 37.1 Å². The molecule has 172 valence electrons. The Morgan fingerprint density at radius 3 is 2.33 bits per heavy atom. The molecule has 2 saturated heterocycles. The van der Waals surface area contributed by atoms with Crippen molar-refractivity contribution in [1.82, 2.24) is 24.1 Å². The van der Waals surface area contributed by atoms with Gasteiger partial charge in [0.1, 0.15) is 5.65 Å². The highest BCUT2D eigenvalue weighted by Gasteiger charge is 2.31. The van der Waals surface area contributed by atoms with Gasteiger partial charge in [-0.25, -0.2) is 9.78 Å². The van der Waals surface area contributed by atoms with Crippen molar-refractivity contribution in [1.29, 1.82) is 0 Å². The van der Waals surface area contributed by atoms with Crippen LogP contribution in [0.5, 0.6) is 0 Å². The van der Waals surface area contributed by atoms with Crippen LogP contribution >= 0.6 is 0 Å². The maximum atomic E-state index is 13.1. The van der Waals surface area contributed by atoms with Crippen LogP contribution < -0.4 is 5.32 Å². The van der Waals surface area contributed by atoms with E-state index in [-0.39, 0.29) is 17.9 Å². The molecule has 8 nitrogen and oxygen atoms in total. The van der Waals surface area contributed by atoms with E-state index in [2.05, 4.69) is 21.4 Å². The Morgan fingerprint density at radius 1 is 0.879 bits per heavy atom. The van der Waals surface area contributed by atoms with Crippen LogP contribution in [0.4, 0.5) is 10.5 Å². The Hall–Kier alpha value is -3.39. The molecule has 1 aromatic carbocycles. The first-order chi connectivity index (χ1) is 16.2. The van der Waals surface area contributed by atoms with Crippen LogP contribution in [0.2, 0.25) is 0 Å². The smallest absolute Gasteiger partial charge is 0.321 e. The van der Waals surface area contributed by atoms with Crippen LogP contribution in [0.3, 0.4) is 0 Å². The van der Waals surface area contributed by atoms with Crippen molar-refractivity contribution in [3.63, 3.8) is 0 Å². The second kappa shape index (κ2) is 9.62. The molecule has 3 aromatic rings. The van der Waals surface area contributed by atoms with E-state index in [0.717, 1.165) is 62.6 Å². The first-order valence-corrected chi connectivity index (χ1v) is 11.7. The number of piperidine rings is 1. The summed E-state index contributed by atoms with van der Waals surface area (Å²) in [5, 5.41) is 2.93. The number of piperazine rings is 1. The maximum absolute atomic E-state index is 13.1. The number of carbonyl (C=O) groups is 2. The lowest BCUT2D eigenvalue weighted by Crippen LogP contribution is -2.51. The van der Waals surface area contributed by atoms with Crippen molar-refractivity contribution >= 4 is 23.3 Å². The minimum Gasteiger partial charge on any atom is -0.340 e. The summed E-state index contributed by atoms with van der Waals surface area (Å²) in [4.78, 5) is 36.4. The molecule has 2 aromatic heterocycles. The highest BCUT2D eigenvalue weighted by molar-refractivity contribution is 5.89.